The van der Waals surface area contributed by atoms with E-state index in [-0.39, 0.29) is 0 Å². The van der Waals surface area contributed by atoms with Gasteiger partial charge in [0.15, 0.2) is 11.6 Å². The van der Waals surface area contributed by atoms with E-state index < -0.39 is 0 Å². The van der Waals surface area contributed by atoms with E-state index in [1.165, 1.54) is 21.7 Å². The van der Waals surface area contributed by atoms with Gasteiger partial charge < -0.3 is 9.13 Å². The van der Waals surface area contributed by atoms with Crippen molar-refractivity contribution >= 4 is 43.6 Å². The Hall–Kier alpha value is -6.72. The lowest BCUT2D eigenvalue weighted by Crippen LogP contribution is -2.01. The largest absolute Gasteiger partial charge is 0.309 e. The zero-order chi connectivity index (χ0) is 32.3. The maximum absolute atomic E-state index is 4.97. The number of rotatable bonds is 5. The van der Waals surface area contributed by atoms with Gasteiger partial charge in [-0.05, 0) is 72.8 Å². The summed E-state index contributed by atoms with van der Waals surface area (Å²) < 4.78 is 6.89. The Morgan fingerprint density at radius 2 is 0.816 bits per heavy atom. The number of hydrogen-bond acceptors (Lipinski definition) is 2. The first-order chi connectivity index (χ1) is 24.3. The third kappa shape index (κ3) is 4.19. The highest BCUT2D eigenvalue weighted by Crippen LogP contribution is 2.40. The summed E-state index contributed by atoms with van der Waals surface area (Å²) in [5.74, 6) is 1.60. The maximum Gasteiger partial charge on any atom is 0.169 e. The molecule has 0 saturated carbocycles. The molecule has 0 radical (unpaired) electrons. The molecule has 0 atom stereocenters. The van der Waals surface area contributed by atoms with Crippen molar-refractivity contribution in [1.29, 1.82) is 0 Å². The highest BCUT2D eigenvalue weighted by Gasteiger charge is 2.23. The average molecular weight is 628 g/mol. The van der Waals surface area contributed by atoms with E-state index in [2.05, 4.69) is 184 Å². The lowest BCUT2D eigenvalue weighted by Gasteiger charge is -2.13. The van der Waals surface area contributed by atoms with Crippen molar-refractivity contribution in [3.63, 3.8) is 0 Å². The molecule has 0 fully saturated rings. The highest BCUT2D eigenvalue weighted by atomic mass is 15.3. The zero-order valence-electron chi connectivity index (χ0n) is 26.5. The fourth-order valence-corrected chi connectivity index (χ4v) is 7.50. The van der Waals surface area contributed by atoms with Gasteiger partial charge in [-0.2, -0.15) is 0 Å². The van der Waals surface area contributed by atoms with Crippen LogP contribution in [-0.2, 0) is 0 Å². The first kappa shape index (κ1) is 27.4. The predicted octanol–water partition coefficient (Wildman–Crippen LogP) is 10.8. The number of nitrogens with zero attached hydrogens (tertiary/aromatic N) is 5. The van der Waals surface area contributed by atoms with Crippen LogP contribution < -0.4 is 0 Å². The van der Waals surface area contributed by atoms with Crippen molar-refractivity contribution in [2.75, 3.05) is 0 Å². The van der Waals surface area contributed by atoms with Crippen LogP contribution in [0.3, 0.4) is 0 Å². The lowest BCUT2D eigenvalue weighted by molar-refractivity contribution is 1.07. The summed E-state index contributed by atoms with van der Waals surface area (Å²) in [6, 6.07) is 62.0. The van der Waals surface area contributed by atoms with Gasteiger partial charge in [0, 0.05) is 49.7 Å². The van der Waals surface area contributed by atoms with Gasteiger partial charge in [-0.15, -0.1) is 10.2 Å². The molecule has 0 aliphatic carbocycles. The molecule has 230 valence electrons. The average Bonchev–Trinajstić information content (AvgIpc) is 3.86. The minimum atomic E-state index is 0.795. The van der Waals surface area contributed by atoms with E-state index in [1.54, 1.807) is 0 Å². The van der Waals surface area contributed by atoms with E-state index in [9.17, 15) is 0 Å². The molecule has 0 saturated heterocycles. The van der Waals surface area contributed by atoms with Crippen LogP contribution in [0.1, 0.15) is 0 Å². The van der Waals surface area contributed by atoms with Gasteiger partial charge in [0.25, 0.3) is 0 Å². The molecular formula is C44H29N5. The van der Waals surface area contributed by atoms with Gasteiger partial charge in [-0.3, -0.25) is 4.57 Å². The molecule has 0 aliphatic heterocycles. The Labute approximate surface area is 282 Å². The van der Waals surface area contributed by atoms with Crippen molar-refractivity contribution in [2.45, 2.75) is 0 Å². The van der Waals surface area contributed by atoms with Gasteiger partial charge in [0.05, 0.1) is 22.1 Å². The van der Waals surface area contributed by atoms with Gasteiger partial charge >= 0.3 is 0 Å². The highest BCUT2D eigenvalue weighted by molar-refractivity contribution is 6.15. The molecule has 49 heavy (non-hydrogen) atoms. The molecule has 0 aliphatic rings. The first-order valence-corrected chi connectivity index (χ1v) is 16.5. The van der Waals surface area contributed by atoms with E-state index in [1.807, 2.05) is 6.07 Å². The minimum absolute atomic E-state index is 0.795. The van der Waals surface area contributed by atoms with Crippen molar-refractivity contribution < 1.29 is 0 Å². The summed E-state index contributed by atoms with van der Waals surface area (Å²) in [5, 5.41) is 14.6. The summed E-state index contributed by atoms with van der Waals surface area (Å²) in [7, 11) is 0. The summed E-state index contributed by atoms with van der Waals surface area (Å²) >= 11 is 0. The minimum Gasteiger partial charge on any atom is -0.309 e. The van der Waals surface area contributed by atoms with Crippen molar-refractivity contribution in [1.82, 2.24) is 23.9 Å². The standard InChI is InChI=1S/C44H29N5/c1-4-15-31(16-5-1)47-38-24-12-10-21-34(38)37-29-30(27-28-40(37)47)43-45-46-44(49(43)33-19-8-3-9-20-33)36-23-14-26-41-42(36)35-22-11-13-25-39(35)48(41)32-17-6-2-7-18-32/h1-29H. The second-order valence-corrected chi connectivity index (χ2v) is 12.3. The zero-order valence-corrected chi connectivity index (χ0v) is 26.5. The molecule has 0 N–H and O–H groups in total. The maximum atomic E-state index is 4.97. The monoisotopic (exact) mass is 627 g/mol. The summed E-state index contributed by atoms with van der Waals surface area (Å²) in [6.45, 7) is 0. The van der Waals surface area contributed by atoms with Crippen LogP contribution in [0, 0.1) is 0 Å². The summed E-state index contributed by atoms with van der Waals surface area (Å²) in [6.07, 6.45) is 0. The lowest BCUT2D eigenvalue weighted by atomic mass is 10.0. The van der Waals surface area contributed by atoms with E-state index in [4.69, 9.17) is 10.2 Å². The Bertz CT molecular complexity index is 2810. The topological polar surface area (TPSA) is 40.6 Å². The van der Waals surface area contributed by atoms with E-state index in [0.29, 0.717) is 0 Å². The van der Waals surface area contributed by atoms with Crippen LogP contribution in [0.5, 0.6) is 0 Å². The van der Waals surface area contributed by atoms with Gasteiger partial charge in [-0.25, -0.2) is 0 Å². The molecule has 3 aromatic heterocycles. The second kappa shape index (κ2) is 10.9. The first-order valence-electron chi connectivity index (χ1n) is 16.5. The normalized spacial score (nSPS) is 11.7. The van der Waals surface area contributed by atoms with Gasteiger partial charge in [0.2, 0.25) is 0 Å². The quantitative estimate of drug-likeness (QED) is 0.190. The van der Waals surface area contributed by atoms with Crippen LogP contribution >= 0.6 is 0 Å². The molecule has 5 heteroatoms. The molecule has 0 unspecified atom stereocenters. The third-order valence-electron chi connectivity index (χ3n) is 9.58. The van der Waals surface area contributed by atoms with Crippen LogP contribution in [-0.4, -0.2) is 23.9 Å². The predicted molar refractivity (Wildman–Crippen MR) is 201 cm³/mol. The fraction of sp³-hybridized carbons (Fsp3) is 0. The molecule has 10 aromatic rings. The van der Waals surface area contributed by atoms with Crippen molar-refractivity contribution in [3.05, 3.63) is 176 Å². The molecule has 10 rings (SSSR count). The number of fused-ring (bicyclic) bond motifs is 6. The van der Waals surface area contributed by atoms with Crippen LogP contribution in [0.2, 0.25) is 0 Å². The molecule has 7 aromatic carbocycles. The van der Waals surface area contributed by atoms with Gasteiger partial charge in [0.1, 0.15) is 0 Å². The molecule has 0 bridgehead atoms. The van der Waals surface area contributed by atoms with Crippen molar-refractivity contribution in [3.8, 4) is 39.8 Å². The molecule has 3 heterocycles. The van der Waals surface area contributed by atoms with Crippen LogP contribution in [0.15, 0.2) is 176 Å². The number of aromatic nitrogens is 5. The number of benzene rings is 7. The van der Waals surface area contributed by atoms with Crippen LogP contribution in [0.4, 0.5) is 0 Å². The van der Waals surface area contributed by atoms with Crippen LogP contribution in [0.25, 0.3) is 83.4 Å². The third-order valence-corrected chi connectivity index (χ3v) is 9.58. The van der Waals surface area contributed by atoms with E-state index in [0.717, 1.165) is 61.8 Å². The SMILES string of the molecule is c1ccc(-n2c(-c3ccc4c(c3)c3ccccc3n4-c3ccccc3)nnc2-c2cccc3c2c2ccccc2n3-c2ccccc2)cc1. The number of para-hydroxylation sites is 5. The Balaban J connectivity index is 1.24. The Morgan fingerprint density at radius 3 is 1.49 bits per heavy atom. The van der Waals surface area contributed by atoms with E-state index >= 15 is 0 Å². The molecule has 0 amide bonds. The second-order valence-electron chi connectivity index (χ2n) is 12.3. The molecular weight excluding hydrogens is 599 g/mol. The number of hydrogen-bond donors (Lipinski definition) is 0. The van der Waals surface area contributed by atoms with Gasteiger partial charge in [-0.1, -0.05) is 103 Å². The molecule has 5 nitrogen and oxygen atoms in total. The molecule has 0 spiro atoms. The fourth-order valence-electron chi connectivity index (χ4n) is 7.50. The smallest absolute Gasteiger partial charge is 0.169 e. The summed E-state index contributed by atoms with van der Waals surface area (Å²) in [4.78, 5) is 0. The summed E-state index contributed by atoms with van der Waals surface area (Å²) in [5.41, 5.74) is 9.92. The Morgan fingerprint density at radius 1 is 0.327 bits per heavy atom. The van der Waals surface area contributed by atoms with Crippen molar-refractivity contribution in [2.24, 2.45) is 0 Å². The Kier molecular flexibility index (Phi) is 6.11.